The number of carbonyl (C=O) groups is 1. The normalized spacial score (nSPS) is 15.6. The van der Waals surface area contributed by atoms with E-state index in [1.807, 2.05) is 37.3 Å². The van der Waals surface area contributed by atoms with Crippen LogP contribution in [0.3, 0.4) is 0 Å². The molecule has 0 bridgehead atoms. The Labute approximate surface area is 99.3 Å². The van der Waals surface area contributed by atoms with Crippen LogP contribution in [0.4, 0.5) is 5.69 Å². The van der Waals surface area contributed by atoms with Crippen LogP contribution in [-0.2, 0) is 4.79 Å². The van der Waals surface area contributed by atoms with Crippen molar-refractivity contribution < 1.29 is 4.79 Å². The van der Waals surface area contributed by atoms with E-state index in [9.17, 15) is 4.79 Å². The maximum Gasteiger partial charge on any atom is 0.263 e. The molecular formula is C12H14N2OS. The molecule has 0 unspecified atom stereocenters. The summed E-state index contributed by atoms with van der Waals surface area (Å²) in [6, 6.07) is 9.51. The van der Waals surface area contributed by atoms with Crippen LogP contribution < -0.4 is 10.6 Å². The fourth-order valence-electron chi connectivity index (χ4n) is 1.53. The molecule has 2 rings (SSSR count). The molecule has 1 heterocycles. The Hall–Kier alpha value is -1.42. The molecule has 0 saturated carbocycles. The Kier molecular flexibility index (Phi) is 3.51. The van der Waals surface area contributed by atoms with Crippen molar-refractivity contribution in [1.82, 2.24) is 5.32 Å². The molecule has 1 aliphatic heterocycles. The standard InChI is InChI=1S/C12H14N2OS/c1-9-11(16-8-7-13-9)12(15)14-10-5-3-2-4-6-10/h2-6,13H,7-8H2,1H3,(H,14,15). The number of amides is 1. The van der Waals surface area contributed by atoms with Gasteiger partial charge in [-0.15, -0.1) is 11.8 Å². The zero-order chi connectivity index (χ0) is 11.4. The zero-order valence-corrected chi connectivity index (χ0v) is 9.93. The van der Waals surface area contributed by atoms with E-state index in [0.717, 1.165) is 28.6 Å². The highest BCUT2D eigenvalue weighted by atomic mass is 32.2. The SMILES string of the molecule is CC1=C(C(=O)Nc2ccccc2)SCCN1. The summed E-state index contributed by atoms with van der Waals surface area (Å²) in [5, 5.41) is 6.08. The Bertz CT molecular complexity index is 414. The molecule has 1 aliphatic rings. The predicted octanol–water partition coefficient (Wildman–Crippen LogP) is 2.19. The lowest BCUT2D eigenvalue weighted by molar-refractivity contribution is -0.112. The van der Waals surface area contributed by atoms with Crippen LogP contribution in [0.25, 0.3) is 0 Å². The lowest BCUT2D eigenvalue weighted by atomic mass is 10.3. The first-order valence-corrected chi connectivity index (χ1v) is 6.20. The molecule has 0 saturated heterocycles. The van der Waals surface area contributed by atoms with Crippen LogP contribution in [-0.4, -0.2) is 18.2 Å². The van der Waals surface area contributed by atoms with Crippen LogP contribution in [0, 0.1) is 0 Å². The van der Waals surface area contributed by atoms with Gasteiger partial charge in [0.25, 0.3) is 5.91 Å². The van der Waals surface area contributed by atoms with E-state index >= 15 is 0 Å². The molecule has 0 aliphatic carbocycles. The van der Waals surface area contributed by atoms with Crippen LogP contribution in [0.15, 0.2) is 40.9 Å². The smallest absolute Gasteiger partial charge is 0.263 e. The quantitative estimate of drug-likeness (QED) is 0.824. The lowest BCUT2D eigenvalue weighted by Gasteiger charge is -2.18. The Morgan fingerprint density at radius 2 is 2.12 bits per heavy atom. The van der Waals surface area contributed by atoms with Gasteiger partial charge in [-0.3, -0.25) is 4.79 Å². The second kappa shape index (κ2) is 5.07. The third-order valence-electron chi connectivity index (χ3n) is 2.32. The van der Waals surface area contributed by atoms with Gasteiger partial charge in [-0.1, -0.05) is 18.2 Å². The molecule has 0 spiro atoms. The highest BCUT2D eigenvalue weighted by Crippen LogP contribution is 2.23. The van der Waals surface area contributed by atoms with Gasteiger partial charge in [0.2, 0.25) is 0 Å². The molecule has 0 aromatic heterocycles. The van der Waals surface area contributed by atoms with E-state index in [0.29, 0.717) is 0 Å². The van der Waals surface area contributed by atoms with Crippen molar-refractivity contribution in [3.05, 3.63) is 40.9 Å². The molecule has 4 heteroatoms. The molecule has 1 aromatic rings. The van der Waals surface area contributed by atoms with Crippen molar-refractivity contribution in [2.45, 2.75) is 6.92 Å². The van der Waals surface area contributed by atoms with Crippen LogP contribution in [0.1, 0.15) is 6.92 Å². The minimum absolute atomic E-state index is 0.0269. The topological polar surface area (TPSA) is 41.1 Å². The first kappa shape index (κ1) is 11.1. The molecule has 1 aromatic carbocycles. The number of anilines is 1. The van der Waals surface area contributed by atoms with Crippen molar-refractivity contribution in [3.8, 4) is 0 Å². The maximum atomic E-state index is 11.9. The largest absolute Gasteiger partial charge is 0.387 e. The number of benzene rings is 1. The third kappa shape index (κ3) is 2.58. The van der Waals surface area contributed by atoms with Crippen molar-refractivity contribution in [2.24, 2.45) is 0 Å². The average molecular weight is 234 g/mol. The van der Waals surface area contributed by atoms with E-state index in [2.05, 4.69) is 10.6 Å². The Morgan fingerprint density at radius 1 is 1.38 bits per heavy atom. The summed E-state index contributed by atoms with van der Waals surface area (Å²) in [6.45, 7) is 2.87. The summed E-state index contributed by atoms with van der Waals surface area (Å²) in [5.41, 5.74) is 1.80. The third-order valence-corrected chi connectivity index (χ3v) is 3.51. The molecule has 84 valence electrons. The minimum Gasteiger partial charge on any atom is -0.387 e. The number of nitrogens with one attached hydrogen (secondary N) is 2. The summed E-state index contributed by atoms with van der Waals surface area (Å²) < 4.78 is 0. The first-order valence-electron chi connectivity index (χ1n) is 5.21. The summed E-state index contributed by atoms with van der Waals surface area (Å²) in [7, 11) is 0. The molecule has 0 radical (unpaired) electrons. The molecule has 0 atom stereocenters. The molecule has 1 amide bonds. The minimum atomic E-state index is -0.0269. The average Bonchev–Trinajstić information content (AvgIpc) is 2.31. The van der Waals surface area contributed by atoms with Crippen molar-refractivity contribution in [1.29, 1.82) is 0 Å². The molecule has 0 fully saturated rings. The highest BCUT2D eigenvalue weighted by molar-refractivity contribution is 8.04. The number of para-hydroxylation sites is 1. The second-order valence-corrected chi connectivity index (χ2v) is 4.65. The van der Waals surface area contributed by atoms with Gasteiger partial charge in [-0.05, 0) is 19.1 Å². The van der Waals surface area contributed by atoms with E-state index in [-0.39, 0.29) is 5.91 Å². The number of allylic oxidation sites excluding steroid dienone is 1. The van der Waals surface area contributed by atoms with Gasteiger partial charge < -0.3 is 10.6 Å². The van der Waals surface area contributed by atoms with Gasteiger partial charge in [0.15, 0.2) is 0 Å². The van der Waals surface area contributed by atoms with Gasteiger partial charge in [0, 0.05) is 23.7 Å². The monoisotopic (exact) mass is 234 g/mol. The number of thioether (sulfide) groups is 1. The van der Waals surface area contributed by atoms with Gasteiger partial charge >= 0.3 is 0 Å². The molecular weight excluding hydrogens is 220 g/mol. The van der Waals surface area contributed by atoms with E-state index < -0.39 is 0 Å². The van der Waals surface area contributed by atoms with Crippen LogP contribution in [0.2, 0.25) is 0 Å². The fraction of sp³-hybridized carbons (Fsp3) is 0.250. The Balaban J connectivity index is 2.09. The van der Waals surface area contributed by atoms with Gasteiger partial charge in [0.1, 0.15) is 0 Å². The molecule has 3 nitrogen and oxygen atoms in total. The summed E-state index contributed by atoms with van der Waals surface area (Å²) >= 11 is 1.60. The van der Waals surface area contributed by atoms with E-state index in [1.165, 1.54) is 0 Å². The maximum absolute atomic E-state index is 11.9. The second-order valence-electron chi connectivity index (χ2n) is 3.55. The van der Waals surface area contributed by atoms with E-state index in [1.54, 1.807) is 11.8 Å². The lowest BCUT2D eigenvalue weighted by Crippen LogP contribution is -2.26. The fourth-order valence-corrected chi connectivity index (χ4v) is 2.40. The summed E-state index contributed by atoms with van der Waals surface area (Å²) in [4.78, 5) is 12.7. The first-order chi connectivity index (χ1) is 7.77. The number of rotatable bonds is 2. The van der Waals surface area contributed by atoms with Gasteiger partial charge in [-0.25, -0.2) is 0 Å². The van der Waals surface area contributed by atoms with Crippen molar-refractivity contribution in [3.63, 3.8) is 0 Å². The summed E-state index contributed by atoms with van der Waals surface area (Å²) in [6.07, 6.45) is 0. The van der Waals surface area contributed by atoms with Crippen molar-refractivity contribution >= 4 is 23.4 Å². The van der Waals surface area contributed by atoms with Gasteiger partial charge in [-0.2, -0.15) is 0 Å². The number of carbonyl (C=O) groups excluding carboxylic acids is 1. The number of hydrogen-bond acceptors (Lipinski definition) is 3. The Morgan fingerprint density at radius 3 is 2.81 bits per heavy atom. The van der Waals surface area contributed by atoms with Gasteiger partial charge in [0.05, 0.1) is 4.91 Å². The molecule has 2 N–H and O–H groups in total. The molecule has 16 heavy (non-hydrogen) atoms. The van der Waals surface area contributed by atoms with Crippen LogP contribution >= 0.6 is 11.8 Å². The zero-order valence-electron chi connectivity index (χ0n) is 9.12. The van der Waals surface area contributed by atoms with Crippen molar-refractivity contribution in [2.75, 3.05) is 17.6 Å². The number of hydrogen-bond donors (Lipinski definition) is 2. The highest BCUT2D eigenvalue weighted by Gasteiger charge is 2.16. The summed E-state index contributed by atoms with van der Waals surface area (Å²) in [5.74, 6) is 0.912. The van der Waals surface area contributed by atoms with E-state index in [4.69, 9.17) is 0 Å². The van der Waals surface area contributed by atoms with Crippen LogP contribution in [0.5, 0.6) is 0 Å². The predicted molar refractivity (Wildman–Crippen MR) is 68.2 cm³/mol.